The molecule has 4 rings (SSSR count). The van der Waals surface area contributed by atoms with Gasteiger partial charge in [0.15, 0.2) is 0 Å². The molecule has 28 heavy (non-hydrogen) atoms. The summed E-state index contributed by atoms with van der Waals surface area (Å²) in [6, 6.07) is 30.6. The molecule has 1 aliphatic rings. The van der Waals surface area contributed by atoms with Gasteiger partial charge in [-0.1, -0.05) is 78.9 Å². The molecule has 0 aliphatic carbocycles. The minimum atomic E-state index is -0.408. The van der Waals surface area contributed by atoms with Crippen LogP contribution in [-0.4, -0.2) is 24.8 Å². The first-order valence-electron chi connectivity index (χ1n) is 9.65. The zero-order chi connectivity index (χ0) is 19.2. The normalized spacial score (nSPS) is 18.8. The van der Waals surface area contributed by atoms with Crippen molar-refractivity contribution in [2.75, 3.05) is 11.9 Å². The second-order valence-corrected chi connectivity index (χ2v) is 7.07. The summed E-state index contributed by atoms with van der Waals surface area (Å²) in [4.78, 5) is 12.2. The summed E-state index contributed by atoms with van der Waals surface area (Å²) in [6.07, 6.45) is 0.217. The Bertz CT molecular complexity index is 845. The molecule has 0 spiro atoms. The number of hydrogen-bond acceptors (Lipinski definition) is 3. The van der Waals surface area contributed by atoms with Crippen LogP contribution in [0.1, 0.15) is 23.5 Å². The molecule has 0 aromatic heterocycles. The number of amides is 1. The molecular formula is C24H24N2O2. The molecule has 1 heterocycles. The minimum absolute atomic E-state index is 0.149. The highest BCUT2D eigenvalue weighted by Crippen LogP contribution is 2.32. The molecule has 1 aliphatic heterocycles. The van der Waals surface area contributed by atoms with E-state index in [2.05, 4.69) is 59.2 Å². The molecule has 0 bridgehead atoms. The minimum Gasteiger partial charge on any atom is -0.445 e. The third kappa shape index (κ3) is 4.41. The number of carbonyl (C=O) groups excluding carboxylic acids is 1. The third-order valence-corrected chi connectivity index (χ3v) is 5.14. The molecule has 0 saturated carbocycles. The van der Waals surface area contributed by atoms with Crippen molar-refractivity contribution in [2.45, 2.75) is 24.5 Å². The van der Waals surface area contributed by atoms with Crippen molar-refractivity contribution in [3.8, 4) is 0 Å². The molecule has 2 N–H and O–H groups in total. The Balaban J connectivity index is 1.44. The summed E-state index contributed by atoms with van der Waals surface area (Å²) in [6.45, 7) is 0.656. The van der Waals surface area contributed by atoms with Gasteiger partial charge in [0, 0.05) is 30.6 Å². The number of rotatable bonds is 5. The quantitative estimate of drug-likeness (QED) is 0.676. The van der Waals surface area contributed by atoms with Gasteiger partial charge in [-0.3, -0.25) is 5.32 Å². The molecule has 3 aromatic rings. The summed E-state index contributed by atoms with van der Waals surface area (Å²) >= 11 is 0. The van der Waals surface area contributed by atoms with E-state index in [4.69, 9.17) is 4.74 Å². The highest BCUT2D eigenvalue weighted by Gasteiger charge is 2.34. The fourth-order valence-corrected chi connectivity index (χ4v) is 3.87. The van der Waals surface area contributed by atoms with E-state index in [0.29, 0.717) is 6.54 Å². The lowest BCUT2D eigenvalue weighted by Gasteiger charge is -2.25. The Kier molecular flexibility index (Phi) is 5.69. The molecule has 142 valence electrons. The van der Waals surface area contributed by atoms with Crippen LogP contribution in [0.2, 0.25) is 0 Å². The maximum absolute atomic E-state index is 12.2. The van der Waals surface area contributed by atoms with Crippen molar-refractivity contribution >= 4 is 11.8 Å². The van der Waals surface area contributed by atoms with Crippen LogP contribution in [0, 0.1) is 0 Å². The molecule has 0 radical (unpaired) electrons. The summed E-state index contributed by atoms with van der Waals surface area (Å²) in [7, 11) is 0. The SMILES string of the molecule is O=C(Nc1ccccc1)O[C@@H]1CN[C@H](C(c2ccccc2)c2ccccc2)C1. The van der Waals surface area contributed by atoms with Gasteiger partial charge < -0.3 is 10.1 Å². The average Bonchev–Trinajstić information content (AvgIpc) is 3.18. The standard InChI is InChI=1S/C24H24N2O2/c27-24(26-20-14-8-3-9-15-20)28-21-16-22(25-17-21)23(18-10-4-1-5-11-18)19-12-6-2-7-13-19/h1-15,21-23,25H,16-17H2,(H,26,27)/t21-,22-/m0/s1. The fraction of sp³-hybridized carbons (Fsp3) is 0.208. The second-order valence-electron chi connectivity index (χ2n) is 7.07. The van der Waals surface area contributed by atoms with E-state index in [9.17, 15) is 4.79 Å². The predicted octanol–water partition coefficient (Wildman–Crippen LogP) is 4.80. The topological polar surface area (TPSA) is 50.4 Å². The van der Waals surface area contributed by atoms with E-state index in [0.717, 1.165) is 12.1 Å². The molecule has 2 atom stereocenters. The van der Waals surface area contributed by atoms with Gasteiger partial charge in [0.25, 0.3) is 0 Å². The van der Waals surface area contributed by atoms with E-state index < -0.39 is 6.09 Å². The number of carbonyl (C=O) groups is 1. The number of para-hydroxylation sites is 1. The van der Waals surface area contributed by atoms with Crippen LogP contribution >= 0.6 is 0 Å². The van der Waals surface area contributed by atoms with Crippen LogP contribution in [-0.2, 0) is 4.74 Å². The summed E-state index contributed by atoms with van der Waals surface area (Å²) < 4.78 is 5.65. The van der Waals surface area contributed by atoms with Crippen LogP contribution < -0.4 is 10.6 Å². The number of anilines is 1. The first kappa shape index (κ1) is 18.3. The molecule has 1 fully saturated rings. The van der Waals surface area contributed by atoms with Crippen molar-refractivity contribution in [3.63, 3.8) is 0 Å². The van der Waals surface area contributed by atoms with Crippen LogP contribution in [0.5, 0.6) is 0 Å². The van der Waals surface area contributed by atoms with E-state index in [-0.39, 0.29) is 18.1 Å². The second kappa shape index (κ2) is 8.72. The summed E-state index contributed by atoms with van der Waals surface area (Å²) in [5.41, 5.74) is 3.27. The summed E-state index contributed by atoms with van der Waals surface area (Å²) in [5, 5.41) is 6.36. The number of hydrogen-bond donors (Lipinski definition) is 2. The van der Waals surface area contributed by atoms with Gasteiger partial charge in [0.05, 0.1) is 0 Å². The van der Waals surface area contributed by atoms with E-state index in [1.165, 1.54) is 11.1 Å². The smallest absolute Gasteiger partial charge is 0.411 e. The highest BCUT2D eigenvalue weighted by molar-refractivity contribution is 5.84. The first-order chi connectivity index (χ1) is 13.8. The van der Waals surface area contributed by atoms with Crippen molar-refractivity contribution in [1.82, 2.24) is 5.32 Å². The van der Waals surface area contributed by atoms with Crippen LogP contribution in [0.15, 0.2) is 91.0 Å². The Morgan fingerprint density at radius 2 is 1.39 bits per heavy atom. The first-order valence-corrected chi connectivity index (χ1v) is 9.65. The Hall–Kier alpha value is -3.11. The van der Waals surface area contributed by atoms with E-state index >= 15 is 0 Å². The zero-order valence-electron chi connectivity index (χ0n) is 15.6. The maximum Gasteiger partial charge on any atom is 0.411 e. The van der Waals surface area contributed by atoms with Crippen LogP contribution in [0.4, 0.5) is 10.5 Å². The van der Waals surface area contributed by atoms with Crippen molar-refractivity contribution < 1.29 is 9.53 Å². The lowest BCUT2D eigenvalue weighted by molar-refractivity contribution is 0.119. The lowest BCUT2D eigenvalue weighted by Crippen LogP contribution is -2.29. The van der Waals surface area contributed by atoms with Gasteiger partial charge in [-0.05, 0) is 23.3 Å². The molecule has 0 unspecified atom stereocenters. The van der Waals surface area contributed by atoms with E-state index in [1.54, 1.807) is 0 Å². The van der Waals surface area contributed by atoms with E-state index in [1.807, 2.05) is 42.5 Å². The Morgan fingerprint density at radius 1 is 0.857 bits per heavy atom. The molecule has 3 aromatic carbocycles. The van der Waals surface area contributed by atoms with Crippen molar-refractivity contribution in [2.24, 2.45) is 0 Å². The van der Waals surface area contributed by atoms with Gasteiger partial charge in [-0.2, -0.15) is 0 Å². The Morgan fingerprint density at radius 3 is 1.96 bits per heavy atom. The van der Waals surface area contributed by atoms with Crippen LogP contribution in [0.25, 0.3) is 0 Å². The molecule has 1 amide bonds. The molecule has 4 nitrogen and oxygen atoms in total. The predicted molar refractivity (Wildman–Crippen MR) is 111 cm³/mol. The Labute approximate surface area is 165 Å². The monoisotopic (exact) mass is 372 g/mol. The average molecular weight is 372 g/mol. The number of benzene rings is 3. The van der Waals surface area contributed by atoms with Gasteiger partial charge in [0.2, 0.25) is 0 Å². The fourth-order valence-electron chi connectivity index (χ4n) is 3.87. The lowest BCUT2D eigenvalue weighted by atomic mass is 9.84. The van der Waals surface area contributed by atoms with Gasteiger partial charge in [-0.25, -0.2) is 4.79 Å². The maximum atomic E-state index is 12.2. The highest BCUT2D eigenvalue weighted by atomic mass is 16.6. The molecule has 4 heteroatoms. The zero-order valence-corrected chi connectivity index (χ0v) is 15.6. The molecular weight excluding hydrogens is 348 g/mol. The van der Waals surface area contributed by atoms with Crippen molar-refractivity contribution in [1.29, 1.82) is 0 Å². The third-order valence-electron chi connectivity index (χ3n) is 5.14. The van der Waals surface area contributed by atoms with Gasteiger partial charge in [0.1, 0.15) is 6.10 Å². The van der Waals surface area contributed by atoms with Crippen molar-refractivity contribution in [3.05, 3.63) is 102 Å². The van der Waals surface area contributed by atoms with Crippen LogP contribution in [0.3, 0.4) is 0 Å². The summed E-state index contributed by atoms with van der Waals surface area (Å²) in [5.74, 6) is 0.216. The number of ether oxygens (including phenoxy) is 1. The largest absolute Gasteiger partial charge is 0.445 e. The van der Waals surface area contributed by atoms with Gasteiger partial charge >= 0.3 is 6.09 Å². The number of nitrogens with one attached hydrogen (secondary N) is 2. The molecule has 1 saturated heterocycles. The van der Waals surface area contributed by atoms with Gasteiger partial charge in [-0.15, -0.1) is 0 Å².